The highest BCUT2D eigenvalue weighted by Crippen LogP contribution is 2.39. The molecule has 0 unspecified atom stereocenters. The number of methoxy groups -OCH3 is 2. The molecule has 45 heavy (non-hydrogen) atoms. The summed E-state index contributed by atoms with van der Waals surface area (Å²) in [5.41, 5.74) is 4.76. The van der Waals surface area contributed by atoms with Crippen molar-refractivity contribution >= 4 is 45.9 Å². The number of nitrogens with zero attached hydrogens (tertiary/aromatic N) is 3. The molecular formula is C32H35N5O6S2. The molecule has 236 valence electrons. The van der Waals surface area contributed by atoms with Gasteiger partial charge in [0.05, 0.1) is 44.4 Å². The number of anilines is 1. The van der Waals surface area contributed by atoms with Gasteiger partial charge in [0.25, 0.3) is 5.91 Å². The van der Waals surface area contributed by atoms with Gasteiger partial charge >= 0.3 is 5.97 Å². The second kappa shape index (κ2) is 14.2. The number of aromatic nitrogens is 3. The number of hydrogen-bond acceptors (Lipinski definition) is 10. The van der Waals surface area contributed by atoms with Gasteiger partial charge in [0.2, 0.25) is 5.91 Å². The molecule has 0 saturated carbocycles. The van der Waals surface area contributed by atoms with Crippen molar-refractivity contribution in [3.8, 4) is 17.2 Å². The predicted molar refractivity (Wildman–Crippen MR) is 173 cm³/mol. The molecule has 4 aromatic rings. The van der Waals surface area contributed by atoms with E-state index in [0.29, 0.717) is 38.6 Å². The third-order valence-corrected chi connectivity index (χ3v) is 9.66. The molecule has 2 aromatic heterocycles. The van der Waals surface area contributed by atoms with Crippen molar-refractivity contribution in [2.24, 2.45) is 0 Å². The van der Waals surface area contributed by atoms with Crippen LogP contribution in [-0.2, 0) is 28.9 Å². The molecule has 13 heteroatoms. The molecule has 2 amide bonds. The Morgan fingerprint density at radius 3 is 2.51 bits per heavy atom. The van der Waals surface area contributed by atoms with Crippen molar-refractivity contribution in [3.63, 3.8) is 0 Å². The van der Waals surface area contributed by atoms with Crippen molar-refractivity contribution in [2.45, 2.75) is 51.7 Å². The molecule has 1 aliphatic rings. The fraction of sp³-hybridized carbons (Fsp3) is 0.344. The molecule has 0 aliphatic heterocycles. The van der Waals surface area contributed by atoms with E-state index >= 15 is 0 Å². The predicted octanol–water partition coefficient (Wildman–Crippen LogP) is 5.29. The molecule has 0 fully saturated rings. The highest BCUT2D eigenvalue weighted by molar-refractivity contribution is 7.99. The Morgan fingerprint density at radius 2 is 1.80 bits per heavy atom. The summed E-state index contributed by atoms with van der Waals surface area (Å²) >= 11 is 2.66. The molecule has 0 radical (unpaired) electrons. The molecule has 11 nitrogen and oxygen atoms in total. The van der Waals surface area contributed by atoms with Gasteiger partial charge in [0, 0.05) is 16.5 Å². The van der Waals surface area contributed by atoms with Crippen molar-refractivity contribution in [2.75, 3.05) is 31.9 Å². The van der Waals surface area contributed by atoms with Crippen molar-refractivity contribution in [1.82, 2.24) is 20.1 Å². The minimum Gasteiger partial charge on any atom is -0.497 e. The van der Waals surface area contributed by atoms with Gasteiger partial charge in [-0.3, -0.25) is 14.2 Å². The van der Waals surface area contributed by atoms with Crippen LogP contribution in [0.25, 0.3) is 5.69 Å². The maximum Gasteiger partial charge on any atom is 0.341 e. The molecule has 2 N–H and O–H groups in total. The first-order valence-corrected chi connectivity index (χ1v) is 16.3. The summed E-state index contributed by atoms with van der Waals surface area (Å²) < 4.78 is 17.7. The fourth-order valence-corrected chi connectivity index (χ4v) is 7.19. The Morgan fingerprint density at radius 1 is 1.04 bits per heavy atom. The van der Waals surface area contributed by atoms with Crippen LogP contribution in [0.1, 0.15) is 61.5 Å². The number of ether oxygens (including phenoxy) is 3. The second-order valence-corrected chi connectivity index (χ2v) is 12.4. The van der Waals surface area contributed by atoms with Crippen molar-refractivity contribution in [1.29, 1.82) is 0 Å². The van der Waals surface area contributed by atoms with Gasteiger partial charge in [-0.25, -0.2) is 4.79 Å². The zero-order valence-corrected chi connectivity index (χ0v) is 27.4. The van der Waals surface area contributed by atoms with Crippen molar-refractivity contribution < 1.29 is 28.6 Å². The maximum absolute atomic E-state index is 13.2. The summed E-state index contributed by atoms with van der Waals surface area (Å²) in [7, 11) is 3.04. The fourth-order valence-electron chi connectivity index (χ4n) is 5.13. The van der Waals surface area contributed by atoms with Gasteiger partial charge in [0.15, 0.2) is 11.0 Å². The normalized spacial score (nSPS) is 12.0. The number of hydrogen-bond donors (Lipinski definition) is 2. The maximum atomic E-state index is 13.2. The number of thioether (sulfide) groups is 1. The first-order chi connectivity index (χ1) is 21.7. The molecule has 5 rings (SSSR count). The zero-order valence-electron chi connectivity index (χ0n) is 25.8. The van der Waals surface area contributed by atoms with Crippen LogP contribution < -0.4 is 20.1 Å². The Balaban J connectivity index is 1.36. The summed E-state index contributed by atoms with van der Waals surface area (Å²) in [5.74, 6) is 0.499. The third kappa shape index (κ3) is 6.99. The monoisotopic (exact) mass is 649 g/mol. The summed E-state index contributed by atoms with van der Waals surface area (Å²) in [5, 5.41) is 15.6. The van der Waals surface area contributed by atoms with E-state index in [1.54, 1.807) is 25.1 Å². The first kappa shape index (κ1) is 32.0. The quantitative estimate of drug-likeness (QED) is 0.155. The Kier molecular flexibility index (Phi) is 10.1. The Hall–Kier alpha value is -4.36. The van der Waals surface area contributed by atoms with E-state index in [4.69, 9.17) is 14.2 Å². The molecule has 2 heterocycles. The number of thiophene rings is 1. The molecule has 0 bridgehead atoms. The smallest absolute Gasteiger partial charge is 0.341 e. The van der Waals surface area contributed by atoms with Gasteiger partial charge in [-0.2, -0.15) is 0 Å². The van der Waals surface area contributed by atoms with Crippen LogP contribution in [0.15, 0.2) is 41.6 Å². The van der Waals surface area contributed by atoms with E-state index in [1.807, 2.05) is 36.6 Å². The third-order valence-electron chi connectivity index (χ3n) is 7.52. The SMILES string of the molecule is CCOC(=O)c1c(NC(=O)CSc2nnc(CNC(=O)c3cc(OC)cc(OC)c3)n2-c2cccc(C)c2C)sc2c1CCC2. The lowest BCUT2D eigenvalue weighted by Gasteiger charge is -2.15. The van der Waals surface area contributed by atoms with Crippen LogP contribution >= 0.6 is 23.1 Å². The number of carbonyl (C=O) groups is 3. The lowest BCUT2D eigenvalue weighted by Crippen LogP contribution is -2.25. The zero-order chi connectivity index (χ0) is 32.1. The van der Waals surface area contributed by atoms with E-state index in [-0.39, 0.29) is 30.7 Å². The lowest BCUT2D eigenvalue weighted by molar-refractivity contribution is -0.113. The Labute approximate surface area is 269 Å². The molecule has 0 saturated heterocycles. The van der Waals surface area contributed by atoms with E-state index in [2.05, 4.69) is 20.8 Å². The molecule has 2 aromatic carbocycles. The van der Waals surface area contributed by atoms with Crippen LogP contribution in [0.3, 0.4) is 0 Å². The van der Waals surface area contributed by atoms with Crippen molar-refractivity contribution in [3.05, 3.63) is 74.9 Å². The number of benzene rings is 2. The average molecular weight is 650 g/mol. The first-order valence-electron chi connectivity index (χ1n) is 14.5. The Bertz CT molecular complexity index is 1730. The van der Waals surface area contributed by atoms with Crippen LogP contribution in [0.4, 0.5) is 5.00 Å². The number of amides is 2. The highest BCUT2D eigenvalue weighted by atomic mass is 32.2. The van der Waals surface area contributed by atoms with Gasteiger partial charge in [0.1, 0.15) is 16.5 Å². The molecule has 1 aliphatic carbocycles. The largest absolute Gasteiger partial charge is 0.497 e. The minimum atomic E-state index is -0.409. The van der Waals surface area contributed by atoms with Gasteiger partial charge in [-0.1, -0.05) is 23.9 Å². The van der Waals surface area contributed by atoms with Gasteiger partial charge in [-0.05, 0) is 74.9 Å². The van der Waals surface area contributed by atoms with E-state index in [1.165, 1.54) is 37.3 Å². The highest BCUT2D eigenvalue weighted by Gasteiger charge is 2.28. The molecular weight excluding hydrogens is 615 g/mol. The number of aryl methyl sites for hydroxylation is 2. The van der Waals surface area contributed by atoms with Gasteiger partial charge in [-0.15, -0.1) is 21.5 Å². The van der Waals surface area contributed by atoms with Crippen LogP contribution in [0.2, 0.25) is 0 Å². The standard InChI is InChI=1S/C32H35N5O6S2/c1-6-43-31(40)28-23-10-8-12-25(23)45-30(28)34-27(38)17-44-32-36-35-26(37(32)24-11-7-9-18(2)19(24)3)16-33-29(39)20-13-21(41-4)15-22(14-20)42-5/h7,9,11,13-15H,6,8,10,12,16-17H2,1-5H3,(H,33,39)(H,34,38). The summed E-state index contributed by atoms with van der Waals surface area (Å²) in [6, 6.07) is 10.9. The number of nitrogens with one attached hydrogen (secondary N) is 2. The van der Waals surface area contributed by atoms with E-state index in [0.717, 1.165) is 46.5 Å². The number of rotatable bonds is 12. The van der Waals surface area contributed by atoms with Gasteiger partial charge < -0.3 is 24.8 Å². The second-order valence-electron chi connectivity index (χ2n) is 10.4. The van der Waals surface area contributed by atoms with E-state index in [9.17, 15) is 14.4 Å². The summed E-state index contributed by atoms with van der Waals surface area (Å²) in [4.78, 5) is 40.2. The lowest BCUT2D eigenvalue weighted by atomic mass is 10.1. The van der Waals surface area contributed by atoms with Crippen LogP contribution in [-0.4, -0.2) is 59.1 Å². The summed E-state index contributed by atoms with van der Waals surface area (Å²) in [6.45, 7) is 6.12. The number of fused-ring (bicyclic) bond motifs is 1. The molecule has 0 spiro atoms. The van der Waals surface area contributed by atoms with E-state index < -0.39 is 5.97 Å². The minimum absolute atomic E-state index is 0.0315. The van der Waals surface area contributed by atoms with Crippen LogP contribution in [0, 0.1) is 13.8 Å². The topological polar surface area (TPSA) is 134 Å². The number of esters is 1. The number of carbonyl (C=O) groups excluding carboxylic acids is 3. The average Bonchev–Trinajstić information content (AvgIpc) is 3.74. The summed E-state index contributed by atoms with van der Waals surface area (Å²) in [6.07, 6.45) is 2.68. The van der Waals surface area contributed by atoms with Crippen LogP contribution in [0.5, 0.6) is 11.5 Å². The molecule has 0 atom stereocenters.